The molecule has 0 bridgehead atoms. The van der Waals surface area contributed by atoms with Crippen LogP contribution in [0.2, 0.25) is 5.02 Å². The Bertz CT molecular complexity index is 2770. The first-order valence-corrected chi connectivity index (χ1v) is 18.4. The number of pyridine rings is 1. The summed E-state index contributed by atoms with van der Waals surface area (Å²) in [6.45, 7) is 0.298. The summed E-state index contributed by atoms with van der Waals surface area (Å²) in [4.78, 5) is 12.4. The van der Waals surface area contributed by atoms with Crippen LogP contribution in [-0.2, 0) is 6.54 Å². The van der Waals surface area contributed by atoms with Crippen LogP contribution in [0.3, 0.4) is 0 Å². The Labute approximate surface area is 365 Å². The lowest BCUT2D eigenvalue weighted by Crippen LogP contribution is -2.81. The van der Waals surface area contributed by atoms with E-state index in [4.69, 9.17) is 11.6 Å². The van der Waals surface area contributed by atoms with Crippen LogP contribution in [0.1, 0.15) is 10.4 Å². The minimum absolute atomic E-state index is 0.0834. The minimum Gasteiger partial charge on any atom is -0.287 e. The summed E-state index contributed by atoms with van der Waals surface area (Å²) in [7, 11) is 0. The number of hydrogen-bond donors (Lipinski definition) is 0. The fourth-order valence-corrected chi connectivity index (χ4v) is 7.46. The largest absolute Gasteiger partial charge is 0.287 e. The predicted octanol–water partition coefficient (Wildman–Crippen LogP) is 10.0. The van der Waals surface area contributed by atoms with Gasteiger partial charge in [-0.25, -0.2) is 87.8 Å². The molecule has 6 aromatic carbocycles. The lowest BCUT2D eigenvalue weighted by molar-refractivity contribution is -0.672. The zero-order valence-corrected chi connectivity index (χ0v) is 32.8. The molecule has 0 saturated carbocycles. The highest BCUT2D eigenvalue weighted by Crippen LogP contribution is 2.31. The van der Waals surface area contributed by atoms with Crippen molar-refractivity contribution >= 4 is 45.4 Å². The smallest absolute Gasteiger partial charge is 0.227 e. The normalized spacial score (nSPS) is 11.5. The van der Waals surface area contributed by atoms with Crippen LogP contribution in [0.5, 0.6) is 0 Å². The second-order valence-electron chi connectivity index (χ2n) is 13.8. The fourth-order valence-electron chi connectivity index (χ4n) is 7.27. The average Bonchev–Trinajstić information content (AvgIpc) is 3.32. The lowest BCUT2D eigenvalue weighted by atomic mass is 9.12. The zero-order chi connectivity index (χ0) is 49.7. The molecule has 0 spiro atoms. The molecule has 0 unspecified atom stereocenters. The Kier molecular flexibility index (Phi) is 13.9. The van der Waals surface area contributed by atoms with E-state index >= 15 is 35.1 Å². The van der Waals surface area contributed by atoms with E-state index in [2.05, 4.69) is 0 Å². The van der Waals surface area contributed by atoms with Crippen molar-refractivity contribution in [2.24, 2.45) is 0 Å². The van der Waals surface area contributed by atoms with Crippen molar-refractivity contribution < 1.29 is 97.2 Å². The molecule has 0 N–H and O–H groups in total. The maximum atomic E-state index is 15.4. The summed E-state index contributed by atoms with van der Waals surface area (Å²) in [6.07, 6.45) is -5.30. The first-order valence-electron chi connectivity index (χ1n) is 18.0. The molecule has 1 aromatic heterocycles. The molecule has 0 atom stereocenters. The lowest BCUT2D eigenvalue weighted by Gasteiger charge is -2.44. The van der Waals surface area contributed by atoms with E-state index in [1.807, 2.05) is 83.6 Å². The number of benzene rings is 6. The highest BCUT2D eigenvalue weighted by molar-refractivity contribution is 7.20. The van der Waals surface area contributed by atoms with E-state index in [1.165, 1.54) is 0 Å². The van der Waals surface area contributed by atoms with Gasteiger partial charge >= 0.3 is 0 Å². The summed E-state index contributed by atoms with van der Waals surface area (Å²) in [5.41, 5.74) is -11.6. The highest BCUT2D eigenvalue weighted by atomic mass is 35.5. The van der Waals surface area contributed by atoms with Crippen LogP contribution < -0.4 is 26.4 Å². The topological polar surface area (TPSA) is 20.9 Å². The second-order valence-corrected chi connectivity index (χ2v) is 14.3. The van der Waals surface area contributed by atoms with Gasteiger partial charge in [-0.05, 0) is 24.3 Å². The number of carbonyl (C=O) groups excluding carboxylic acids is 1. The Morgan fingerprint density at radius 2 is 0.701 bits per heavy atom. The maximum Gasteiger partial charge on any atom is 0.227 e. The van der Waals surface area contributed by atoms with Crippen LogP contribution in [-0.4, -0.2) is 11.9 Å². The summed E-state index contributed by atoms with van der Waals surface area (Å²) < 4.78 is 296. The molecule has 7 aromatic rings. The number of rotatable bonds is 8. The molecule has 0 radical (unpaired) electrons. The van der Waals surface area contributed by atoms with Crippen molar-refractivity contribution in [3.8, 4) is 11.3 Å². The van der Waals surface area contributed by atoms with Gasteiger partial charge in [0.1, 0.15) is 52.7 Å². The van der Waals surface area contributed by atoms with Crippen molar-refractivity contribution in [1.82, 2.24) is 0 Å². The van der Waals surface area contributed by atoms with Gasteiger partial charge in [-0.3, -0.25) is 4.79 Å². The van der Waals surface area contributed by atoms with E-state index in [9.17, 15) is 57.5 Å². The van der Waals surface area contributed by atoms with Crippen LogP contribution in [0, 0.1) is 116 Å². The molecule has 0 fully saturated rings. The number of nitrogens with zero attached hydrogens (tertiary/aromatic N) is 1. The molecule has 0 saturated heterocycles. The highest BCUT2D eigenvalue weighted by Gasteiger charge is 2.52. The molecule has 24 heteroatoms. The number of Topliss-reactive ketones (excluding diaryl/α,β-unsaturated/α-hetero) is 1. The van der Waals surface area contributed by atoms with Gasteiger partial charge in [0.15, 0.2) is 76.0 Å². The first kappa shape index (κ1) is 49.5. The maximum absolute atomic E-state index is 15.4. The Balaban J connectivity index is 0.000000279. The third-order valence-corrected chi connectivity index (χ3v) is 10.4. The van der Waals surface area contributed by atoms with Crippen LogP contribution in [0.15, 0.2) is 79.0 Å². The summed E-state index contributed by atoms with van der Waals surface area (Å²) in [5, 5.41) is 0.683. The molecule has 348 valence electrons. The summed E-state index contributed by atoms with van der Waals surface area (Å²) in [5.74, 6) is -71.3. The monoisotopic (exact) mass is 987 g/mol. The number of aromatic nitrogens is 1. The fraction of sp³-hybridized carbons (Fsp3) is 0.0233. The molecule has 0 aliphatic heterocycles. The molecule has 0 aliphatic rings. The molecular weight excluding hydrogens is 973 g/mol. The van der Waals surface area contributed by atoms with Crippen molar-refractivity contribution in [3.63, 3.8) is 0 Å². The molecule has 0 amide bonds. The van der Waals surface area contributed by atoms with E-state index in [0.717, 1.165) is 16.8 Å². The van der Waals surface area contributed by atoms with E-state index in [0.29, 0.717) is 11.6 Å². The first-order chi connectivity index (χ1) is 31.4. The zero-order valence-electron chi connectivity index (χ0n) is 32.1. The number of carbonyl (C=O) groups is 1. The Morgan fingerprint density at radius 3 is 1.03 bits per heavy atom. The second kappa shape index (κ2) is 18.8. The third kappa shape index (κ3) is 8.11. The van der Waals surface area contributed by atoms with Crippen LogP contribution in [0.25, 0.3) is 11.3 Å². The molecule has 67 heavy (non-hydrogen) atoms. The Morgan fingerprint density at radius 1 is 0.388 bits per heavy atom. The van der Waals surface area contributed by atoms with E-state index in [-0.39, 0.29) is 5.78 Å². The van der Waals surface area contributed by atoms with Crippen LogP contribution >= 0.6 is 11.6 Å². The van der Waals surface area contributed by atoms with Gasteiger partial charge < -0.3 is 0 Å². The van der Waals surface area contributed by atoms with E-state index in [1.54, 1.807) is 0 Å². The van der Waals surface area contributed by atoms with Gasteiger partial charge in [0.2, 0.25) is 18.0 Å². The van der Waals surface area contributed by atoms with Crippen molar-refractivity contribution in [2.45, 2.75) is 6.54 Å². The SMILES string of the molecule is Fc1c(F)c(F)c([B-](c2c(F)c(F)c(F)c(F)c2F)(c2c(F)c(F)c(F)c(F)c2F)c2c(F)c(F)c(F)c(F)c2F)c(F)c1F.O=C(C[n+]1ccccc1-c1cccc(Cl)c1)c1ccccc1. The van der Waals surface area contributed by atoms with E-state index < -0.39 is 144 Å². The predicted molar refractivity (Wildman–Crippen MR) is 197 cm³/mol. The van der Waals surface area contributed by atoms with Gasteiger partial charge in [-0.1, -0.05) is 48.0 Å². The standard InChI is InChI=1S/C24BF20.C19H15ClNO/c26-5-1(6(27)14(35)21(42)13(5)34)25(2-7(28)15(36)22(43)16(37)8(2)29,3-9(30)17(38)23(44)18(39)10(3)31)4-11(32)19(40)24(45)20(41)12(4)33;20-17-10-6-9-16(13-17)18-11-4-5-12-21(18)14-19(22)15-7-2-1-3-8-15/h;1-13H,14H2/q-1;+1. The van der Waals surface area contributed by atoms with Crippen molar-refractivity contribution in [3.05, 3.63) is 206 Å². The van der Waals surface area contributed by atoms with Gasteiger partial charge in [-0.2, -0.15) is 4.57 Å². The minimum atomic E-state index is -7.22. The number of hydrogen-bond acceptors (Lipinski definition) is 1. The quantitative estimate of drug-likeness (QED) is 0.0371. The molecule has 2 nitrogen and oxygen atoms in total. The third-order valence-electron chi connectivity index (χ3n) is 10.2. The van der Waals surface area contributed by atoms with Gasteiger partial charge in [0, 0.05) is 28.3 Å². The summed E-state index contributed by atoms with van der Waals surface area (Å²) in [6, 6.07) is 22.9. The van der Waals surface area contributed by atoms with Crippen LogP contribution in [0.4, 0.5) is 87.8 Å². The molecule has 0 aliphatic carbocycles. The van der Waals surface area contributed by atoms with Crippen molar-refractivity contribution in [2.75, 3.05) is 0 Å². The van der Waals surface area contributed by atoms with Gasteiger partial charge in [0.25, 0.3) is 0 Å². The van der Waals surface area contributed by atoms with Crippen molar-refractivity contribution in [1.29, 1.82) is 0 Å². The average molecular weight is 988 g/mol. The number of ketones is 1. The molecular formula is C43H15BClF20NO. The molecule has 7 rings (SSSR count). The summed E-state index contributed by atoms with van der Waals surface area (Å²) >= 11 is 6.07. The van der Waals surface area contributed by atoms with Gasteiger partial charge in [0.05, 0.1) is 0 Å². The number of halogens is 21. The molecule has 1 heterocycles. The Hall–Kier alpha value is -6.91. The van der Waals surface area contributed by atoms with Gasteiger partial charge in [-0.15, -0.1) is 21.9 Å².